The lowest BCUT2D eigenvalue weighted by atomic mass is 10.1. The Morgan fingerprint density at radius 2 is 1.52 bits per heavy atom. The van der Waals surface area contributed by atoms with E-state index in [-0.39, 0.29) is 12.4 Å². The molecule has 0 atom stereocenters. The maximum Gasteiger partial charge on any atom is 0.129 e. The molecule has 0 aromatic heterocycles. The van der Waals surface area contributed by atoms with Gasteiger partial charge in [-0.3, -0.25) is 0 Å². The number of hydrogen-bond acceptors (Lipinski definition) is 2. The second-order valence-corrected chi connectivity index (χ2v) is 5.93. The van der Waals surface area contributed by atoms with Crippen LogP contribution >= 0.6 is 0 Å². The molecule has 2 nitrogen and oxygen atoms in total. The summed E-state index contributed by atoms with van der Waals surface area (Å²) in [6.45, 7) is 3.13. The molecule has 128 valence electrons. The molecule has 3 aromatic carbocycles. The van der Waals surface area contributed by atoms with Crippen LogP contribution in [0, 0.1) is 5.82 Å². The van der Waals surface area contributed by atoms with E-state index in [0.29, 0.717) is 5.56 Å². The van der Waals surface area contributed by atoms with E-state index in [1.165, 1.54) is 11.6 Å². The van der Waals surface area contributed by atoms with Crippen LogP contribution in [-0.4, -0.2) is 0 Å². The van der Waals surface area contributed by atoms with Gasteiger partial charge in [0.25, 0.3) is 0 Å². The predicted molar refractivity (Wildman–Crippen MR) is 100 cm³/mol. The third kappa shape index (κ3) is 4.83. The number of hydrogen-bond donors (Lipinski definition) is 1. The Hall–Kier alpha value is -2.81. The van der Waals surface area contributed by atoms with Crippen LogP contribution in [0.1, 0.15) is 23.6 Å². The minimum atomic E-state index is -0.239. The van der Waals surface area contributed by atoms with Crippen molar-refractivity contribution in [2.45, 2.75) is 26.5 Å². The molecule has 0 unspecified atom stereocenters. The van der Waals surface area contributed by atoms with Gasteiger partial charge in [0.15, 0.2) is 0 Å². The summed E-state index contributed by atoms with van der Waals surface area (Å²) in [7, 11) is 0. The van der Waals surface area contributed by atoms with Gasteiger partial charge in [-0.25, -0.2) is 4.39 Å². The van der Waals surface area contributed by atoms with E-state index in [1.54, 1.807) is 12.1 Å². The number of benzene rings is 3. The fraction of sp³-hybridized carbons (Fsp3) is 0.182. The molecule has 0 saturated carbocycles. The molecule has 3 heteroatoms. The SMILES string of the molecule is CCc1ccc(NCc2ccc(OCc3ccccc3F)cc2)cc1. The topological polar surface area (TPSA) is 21.3 Å². The molecular formula is C22H22FNO. The quantitative estimate of drug-likeness (QED) is 0.608. The summed E-state index contributed by atoms with van der Waals surface area (Å²) in [4.78, 5) is 0. The van der Waals surface area contributed by atoms with Crippen molar-refractivity contribution in [2.24, 2.45) is 0 Å². The van der Waals surface area contributed by atoms with Crippen LogP contribution in [0.2, 0.25) is 0 Å². The first-order valence-electron chi connectivity index (χ1n) is 8.52. The van der Waals surface area contributed by atoms with Gasteiger partial charge >= 0.3 is 0 Å². The lowest BCUT2D eigenvalue weighted by Crippen LogP contribution is -2.00. The second kappa shape index (κ2) is 8.34. The molecule has 0 saturated heterocycles. The minimum absolute atomic E-state index is 0.230. The predicted octanol–water partition coefficient (Wildman–Crippen LogP) is 5.58. The molecule has 0 aliphatic rings. The van der Waals surface area contributed by atoms with Crippen LogP contribution in [0.25, 0.3) is 0 Å². The summed E-state index contributed by atoms with van der Waals surface area (Å²) in [5.41, 5.74) is 4.17. The standard InChI is InChI=1S/C22H22FNO/c1-2-17-7-11-20(12-8-17)24-15-18-9-13-21(14-10-18)25-16-19-5-3-4-6-22(19)23/h3-14,24H,2,15-16H2,1H3. The Kier molecular flexibility index (Phi) is 5.68. The lowest BCUT2D eigenvalue weighted by molar-refractivity contribution is 0.300. The highest BCUT2D eigenvalue weighted by molar-refractivity contribution is 5.45. The van der Waals surface area contributed by atoms with Gasteiger partial charge in [0.2, 0.25) is 0 Å². The van der Waals surface area contributed by atoms with E-state index < -0.39 is 0 Å². The number of ether oxygens (including phenoxy) is 1. The zero-order valence-corrected chi connectivity index (χ0v) is 14.3. The smallest absolute Gasteiger partial charge is 0.129 e. The lowest BCUT2D eigenvalue weighted by Gasteiger charge is -2.10. The second-order valence-electron chi connectivity index (χ2n) is 5.93. The monoisotopic (exact) mass is 335 g/mol. The van der Waals surface area contributed by atoms with Gasteiger partial charge in [-0.05, 0) is 47.9 Å². The Labute approximate surface area is 148 Å². The van der Waals surface area contributed by atoms with Gasteiger partial charge in [-0.2, -0.15) is 0 Å². The third-order valence-electron chi connectivity index (χ3n) is 4.13. The van der Waals surface area contributed by atoms with Crippen LogP contribution in [0.5, 0.6) is 5.75 Å². The summed E-state index contributed by atoms with van der Waals surface area (Å²) < 4.78 is 19.2. The maximum absolute atomic E-state index is 13.6. The van der Waals surface area contributed by atoms with E-state index in [9.17, 15) is 4.39 Å². The molecule has 25 heavy (non-hydrogen) atoms. The van der Waals surface area contributed by atoms with Gasteiger partial charge in [0.1, 0.15) is 18.2 Å². The molecule has 0 bridgehead atoms. The average molecular weight is 335 g/mol. The van der Waals surface area contributed by atoms with Crippen LogP contribution in [0.15, 0.2) is 72.8 Å². The maximum atomic E-state index is 13.6. The summed E-state index contributed by atoms with van der Waals surface area (Å²) in [6, 6.07) is 23.0. The number of aryl methyl sites for hydroxylation is 1. The van der Waals surface area contributed by atoms with Gasteiger partial charge in [-0.1, -0.05) is 49.4 Å². The number of nitrogens with one attached hydrogen (secondary N) is 1. The first-order valence-corrected chi connectivity index (χ1v) is 8.52. The zero-order chi connectivity index (χ0) is 17.5. The van der Waals surface area contributed by atoms with Gasteiger partial charge in [0, 0.05) is 17.8 Å². The highest BCUT2D eigenvalue weighted by Crippen LogP contribution is 2.17. The number of anilines is 1. The molecular weight excluding hydrogens is 313 g/mol. The molecule has 0 heterocycles. The fourth-order valence-electron chi connectivity index (χ4n) is 2.54. The Morgan fingerprint density at radius 3 is 2.20 bits per heavy atom. The van der Waals surface area contributed by atoms with Crippen LogP contribution in [-0.2, 0) is 19.6 Å². The summed E-state index contributed by atoms with van der Waals surface area (Å²) >= 11 is 0. The molecule has 0 aliphatic heterocycles. The molecule has 0 fully saturated rings. The summed E-state index contributed by atoms with van der Waals surface area (Å²) in [6.07, 6.45) is 1.05. The van der Waals surface area contributed by atoms with Crippen molar-refractivity contribution in [1.82, 2.24) is 0 Å². The Morgan fingerprint density at radius 1 is 0.840 bits per heavy atom. The van der Waals surface area contributed by atoms with Crippen molar-refractivity contribution in [3.05, 3.63) is 95.3 Å². The highest BCUT2D eigenvalue weighted by Gasteiger charge is 2.02. The number of rotatable bonds is 7. The molecule has 1 N–H and O–H groups in total. The van der Waals surface area contributed by atoms with Crippen molar-refractivity contribution in [3.63, 3.8) is 0 Å². The fourth-order valence-corrected chi connectivity index (χ4v) is 2.54. The normalized spacial score (nSPS) is 10.5. The summed E-state index contributed by atoms with van der Waals surface area (Å²) in [5, 5.41) is 3.41. The van der Waals surface area contributed by atoms with E-state index in [0.717, 1.165) is 30.0 Å². The average Bonchev–Trinajstić information content (AvgIpc) is 2.67. The number of halogens is 1. The highest BCUT2D eigenvalue weighted by atomic mass is 19.1. The summed E-state index contributed by atoms with van der Waals surface area (Å²) in [5.74, 6) is 0.497. The van der Waals surface area contributed by atoms with Crippen LogP contribution < -0.4 is 10.1 Å². The molecule has 0 amide bonds. The molecule has 0 radical (unpaired) electrons. The van der Waals surface area contributed by atoms with Gasteiger partial charge in [0.05, 0.1) is 0 Å². The zero-order valence-electron chi connectivity index (χ0n) is 14.3. The molecule has 3 rings (SSSR count). The molecule has 3 aromatic rings. The molecule has 0 spiro atoms. The Bertz CT molecular complexity index is 797. The third-order valence-corrected chi connectivity index (χ3v) is 4.13. The van der Waals surface area contributed by atoms with Crippen molar-refractivity contribution >= 4 is 5.69 Å². The van der Waals surface area contributed by atoms with E-state index in [4.69, 9.17) is 4.74 Å². The Balaban J connectivity index is 1.52. The van der Waals surface area contributed by atoms with E-state index in [2.05, 4.69) is 36.5 Å². The minimum Gasteiger partial charge on any atom is -0.489 e. The first-order chi connectivity index (χ1) is 12.2. The van der Waals surface area contributed by atoms with Crippen molar-refractivity contribution in [2.75, 3.05) is 5.32 Å². The van der Waals surface area contributed by atoms with Gasteiger partial charge < -0.3 is 10.1 Å². The van der Waals surface area contributed by atoms with Crippen molar-refractivity contribution < 1.29 is 9.13 Å². The van der Waals surface area contributed by atoms with Crippen molar-refractivity contribution in [1.29, 1.82) is 0 Å². The van der Waals surface area contributed by atoms with Gasteiger partial charge in [-0.15, -0.1) is 0 Å². The van der Waals surface area contributed by atoms with Crippen LogP contribution in [0.3, 0.4) is 0 Å². The van der Waals surface area contributed by atoms with E-state index >= 15 is 0 Å². The first kappa shape index (κ1) is 17.0. The van der Waals surface area contributed by atoms with Crippen molar-refractivity contribution in [3.8, 4) is 5.75 Å². The molecule has 0 aliphatic carbocycles. The van der Waals surface area contributed by atoms with Crippen LogP contribution in [0.4, 0.5) is 10.1 Å². The largest absolute Gasteiger partial charge is 0.489 e. The van der Waals surface area contributed by atoms with E-state index in [1.807, 2.05) is 30.3 Å².